The van der Waals surface area contributed by atoms with Gasteiger partial charge in [0.05, 0.1) is 12.8 Å². The molecule has 2 rings (SSSR count). The predicted octanol–water partition coefficient (Wildman–Crippen LogP) is 2.86. The maximum absolute atomic E-state index is 11.9. The zero-order valence-electron chi connectivity index (χ0n) is 13.8. The van der Waals surface area contributed by atoms with Gasteiger partial charge in [0.2, 0.25) is 0 Å². The van der Waals surface area contributed by atoms with Crippen molar-refractivity contribution in [1.29, 1.82) is 0 Å². The van der Waals surface area contributed by atoms with Crippen molar-refractivity contribution in [2.45, 2.75) is 39.3 Å². The van der Waals surface area contributed by atoms with Gasteiger partial charge in [-0.3, -0.25) is 0 Å². The molecule has 0 aliphatic heterocycles. The van der Waals surface area contributed by atoms with Crippen LogP contribution in [0.3, 0.4) is 0 Å². The Morgan fingerprint density at radius 3 is 2.57 bits per heavy atom. The van der Waals surface area contributed by atoms with Crippen LogP contribution in [0, 0.1) is 13.8 Å². The molecule has 23 heavy (non-hydrogen) atoms. The molecule has 124 valence electrons. The fourth-order valence-corrected chi connectivity index (χ4v) is 2.64. The molecule has 1 heterocycles. The molecule has 0 fully saturated rings. The second-order valence-electron chi connectivity index (χ2n) is 5.99. The van der Waals surface area contributed by atoms with Crippen LogP contribution < -0.4 is 10.6 Å². The van der Waals surface area contributed by atoms with Crippen LogP contribution in [0.1, 0.15) is 35.5 Å². The minimum absolute atomic E-state index is 0.00282. The number of aliphatic hydroxyl groups is 1. The Bertz CT molecular complexity index is 617. The Hall–Kier alpha value is -2.27. The summed E-state index contributed by atoms with van der Waals surface area (Å²) in [5, 5.41) is 15.4. The molecule has 0 radical (unpaired) electrons. The summed E-state index contributed by atoms with van der Waals surface area (Å²) < 4.78 is 5.09. The molecule has 2 amide bonds. The molecule has 5 heteroatoms. The summed E-state index contributed by atoms with van der Waals surface area (Å²) in [6, 6.07) is 9.46. The Balaban J connectivity index is 1.78. The van der Waals surface area contributed by atoms with Crippen molar-refractivity contribution in [3.63, 3.8) is 0 Å². The quantitative estimate of drug-likeness (QED) is 0.767. The van der Waals surface area contributed by atoms with Gasteiger partial charge in [-0.25, -0.2) is 4.79 Å². The van der Waals surface area contributed by atoms with Gasteiger partial charge in [-0.05, 0) is 44.9 Å². The van der Waals surface area contributed by atoms with Crippen LogP contribution in [0.5, 0.6) is 0 Å². The topological polar surface area (TPSA) is 74.5 Å². The number of aliphatic hydroxyl groups excluding tert-OH is 1. The second kappa shape index (κ2) is 7.83. The highest BCUT2D eigenvalue weighted by Gasteiger charge is 2.13. The second-order valence-corrected chi connectivity index (χ2v) is 5.99. The molecule has 0 spiro atoms. The van der Waals surface area contributed by atoms with Gasteiger partial charge in [0.25, 0.3) is 0 Å². The van der Waals surface area contributed by atoms with E-state index < -0.39 is 6.10 Å². The van der Waals surface area contributed by atoms with Crippen LogP contribution in [-0.4, -0.2) is 23.7 Å². The third-order valence-corrected chi connectivity index (χ3v) is 3.53. The lowest BCUT2D eigenvalue weighted by Crippen LogP contribution is -2.43. The van der Waals surface area contributed by atoms with Crippen LogP contribution in [0.4, 0.5) is 4.79 Å². The fourth-order valence-electron chi connectivity index (χ4n) is 2.64. The van der Waals surface area contributed by atoms with Gasteiger partial charge in [-0.2, -0.15) is 0 Å². The van der Waals surface area contributed by atoms with Crippen molar-refractivity contribution in [3.05, 3.63) is 59.0 Å². The highest BCUT2D eigenvalue weighted by Crippen LogP contribution is 2.12. The first-order chi connectivity index (χ1) is 10.9. The summed E-state index contributed by atoms with van der Waals surface area (Å²) in [5.41, 5.74) is 3.64. The SMILES string of the molecule is Cc1cc(C)cc(CC(C)NC(=O)NCC(O)c2ccco2)c1. The third-order valence-electron chi connectivity index (χ3n) is 3.53. The number of amides is 2. The van der Waals surface area contributed by atoms with Gasteiger partial charge in [0.1, 0.15) is 11.9 Å². The van der Waals surface area contributed by atoms with E-state index in [2.05, 4.69) is 42.7 Å². The van der Waals surface area contributed by atoms with Gasteiger partial charge < -0.3 is 20.2 Å². The molecule has 1 aromatic heterocycles. The molecule has 1 aromatic carbocycles. The van der Waals surface area contributed by atoms with E-state index in [0.29, 0.717) is 5.76 Å². The molecule has 0 saturated carbocycles. The zero-order chi connectivity index (χ0) is 16.8. The van der Waals surface area contributed by atoms with Crippen molar-refractivity contribution in [2.24, 2.45) is 0 Å². The number of rotatable bonds is 6. The molecule has 0 saturated heterocycles. The number of aryl methyl sites for hydroxylation is 2. The summed E-state index contributed by atoms with van der Waals surface area (Å²) in [4.78, 5) is 11.9. The maximum Gasteiger partial charge on any atom is 0.315 e. The molecule has 5 nitrogen and oxygen atoms in total. The van der Waals surface area contributed by atoms with E-state index in [1.165, 1.54) is 23.0 Å². The van der Waals surface area contributed by atoms with E-state index in [1.54, 1.807) is 12.1 Å². The van der Waals surface area contributed by atoms with Gasteiger partial charge in [0, 0.05) is 6.04 Å². The van der Waals surface area contributed by atoms with Crippen molar-refractivity contribution >= 4 is 6.03 Å². The monoisotopic (exact) mass is 316 g/mol. The first-order valence-corrected chi connectivity index (χ1v) is 7.77. The Morgan fingerprint density at radius 2 is 1.96 bits per heavy atom. The van der Waals surface area contributed by atoms with E-state index in [1.807, 2.05) is 6.92 Å². The van der Waals surface area contributed by atoms with E-state index in [-0.39, 0.29) is 18.6 Å². The number of urea groups is 1. The lowest BCUT2D eigenvalue weighted by atomic mass is 10.0. The highest BCUT2D eigenvalue weighted by molar-refractivity contribution is 5.74. The lowest BCUT2D eigenvalue weighted by molar-refractivity contribution is 0.147. The molecular formula is C18H24N2O3. The van der Waals surface area contributed by atoms with Gasteiger partial charge in [-0.1, -0.05) is 29.3 Å². The van der Waals surface area contributed by atoms with E-state index in [9.17, 15) is 9.90 Å². The number of benzene rings is 1. The van der Waals surface area contributed by atoms with Crippen molar-refractivity contribution in [1.82, 2.24) is 10.6 Å². The standard InChI is InChI=1S/C18H24N2O3/c1-12-7-13(2)9-15(8-12)10-14(3)20-18(22)19-11-16(21)17-5-4-6-23-17/h4-9,14,16,21H,10-11H2,1-3H3,(H2,19,20,22). The zero-order valence-corrected chi connectivity index (χ0v) is 13.8. The van der Waals surface area contributed by atoms with Crippen LogP contribution in [-0.2, 0) is 6.42 Å². The van der Waals surface area contributed by atoms with Gasteiger partial charge >= 0.3 is 6.03 Å². The Morgan fingerprint density at radius 1 is 1.26 bits per heavy atom. The molecule has 0 aliphatic carbocycles. The molecular weight excluding hydrogens is 292 g/mol. The minimum atomic E-state index is -0.842. The first kappa shape index (κ1) is 17.1. The predicted molar refractivity (Wildman–Crippen MR) is 89.3 cm³/mol. The fraction of sp³-hybridized carbons (Fsp3) is 0.389. The average molecular weight is 316 g/mol. The molecule has 0 bridgehead atoms. The first-order valence-electron chi connectivity index (χ1n) is 7.77. The van der Waals surface area contributed by atoms with Gasteiger partial charge in [-0.15, -0.1) is 0 Å². The Labute approximate surface area is 136 Å². The number of hydrogen-bond donors (Lipinski definition) is 3. The van der Waals surface area contributed by atoms with Crippen LogP contribution in [0.2, 0.25) is 0 Å². The maximum atomic E-state index is 11.9. The summed E-state index contributed by atoms with van der Waals surface area (Å²) >= 11 is 0. The van der Waals surface area contributed by atoms with E-state index in [0.717, 1.165) is 6.42 Å². The molecule has 0 aliphatic rings. The van der Waals surface area contributed by atoms with E-state index in [4.69, 9.17) is 4.42 Å². The Kier molecular flexibility index (Phi) is 5.82. The van der Waals surface area contributed by atoms with Crippen LogP contribution in [0.25, 0.3) is 0 Å². The highest BCUT2D eigenvalue weighted by atomic mass is 16.4. The number of hydrogen-bond acceptors (Lipinski definition) is 3. The average Bonchev–Trinajstić information content (AvgIpc) is 2.97. The normalized spacial score (nSPS) is 13.4. The van der Waals surface area contributed by atoms with Crippen LogP contribution in [0.15, 0.2) is 41.0 Å². The van der Waals surface area contributed by atoms with Gasteiger partial charge in [0.15, 0.2) is 0 Å². The number of furan rings is 1. The molecule has 3 N–H and O–H groups in total. The number of nitrogens with one attached hydrogen (secondary N) is 2. The van der Waals surface area contributed by atoms with Crippen molar-refractivity contribution in [2.75, 3.05) is 6.54 Å². The summed E-state index contributed by atoms with van der Waals surface area (Å²) in [6.45, 7) is 6.20. The summed E-state index contributed by atoms with van der Waals surface area (Å²) in [6.07, 6.45) is 1.41. The summed E-state index contributed by atoms with van der Waals surface area (Å²) in [7, 11) is 0. The summed E-state index contributed by atoms with van der Waals surface area (Å²) in [5.74, 6) is 0.439. The molecule has 2 aromatic rings. The third kappa shape index (κ3) is 5.45. The lowest BCUT2D eigenvalue weighted by Gasteiger charge is -2.16. The number of carbonyl (C=O) groups is 1. The smallest absolute Gasteiger partial charge is 0.315 e. The number of carbonyl (C=O) groups excluding carboxylic acids is 1. The largest absolute Gasteiger partial charge is 0.467 e. The van der Waals surface area contributed by atoms with E-state index >= 15 is 0 Å². The van der Waals surface area contributed by atoms with Crippen molar-refractivity contribution in [3.8, 4) is 0 Å². The van der Waals surface area contributed by atoms with Crippen molar-refractivity contribution < 1.29 is 14.3 Å². The molecule has 2 unspecified atom stereocenters. The minimum Gasteiger partial charge on any atom is -0.467 e. The van der Waals surface area contributed by atoms with Crippen LogP contribution >= 0.6 is 0 Å². The molecule has 2 atom stereocenters.